The van der Waals surface area contributed by atoms with Crippen LogP contribution in [0.5, 0.6) is 0 Å². The van der Waals surface area contributed by atoms with Crippen molar-refractivity contribution in [3.8, 4) is 0 Å². The van der Waals surface area contributed by atoms with Gasteiger partial charge in [-0.25, -0.2) is 0 Å². The number of allylic oxidation sites excluding steroid dienone is 12. The Morgan fingerprint density at radius 1 is 0.145 bits per heavy atom. The highest BCUT2D eigenvalue weighted by Gasteiger charge is 2.56. The second kappa shape index (κ2) is 15.0. The number of rotatable bonds is 8. The summed E-state index contributed by atoms with van der Waals surface area (Å²) in [6.07, 6.45) is 0. The predicted octanol–water partition coefficient (Wildman–Crippen LogP) is 15.3. The van der Waals surface area contributed by atoms with Crippen LogP contribution in [0.1, 0.15) is 44.5 Å². The van der Waals surface area contributed by atoms with Gasteiger partial charge in [-0.05, 0) is 111 Å². The maximum atomic E-state index is 2.36. The van der Waals surface area contributed by atoms with Gasteiger partial charge in [0.1, 0.15) is 0 Å². The van der Waals surface area contributed by atoms with E-state index in [2.05, 4.69) is 243 Å². The van der Waals surface area contributed by atoms with Crippen molar-refractivity contribution in [3.05, 3.63) is 309 Å². The minimum absolute atomic E-state index is 0.0254. The molecule has 0 aliphatic heterocycles. The Morgan fingerprint density at radius 3 is 0.548 bits per heavy atom. The van der Waals surface area contributed by atoms with Crippen molar-refractivity contribution >= 4 is 44.6 Å². The molecule has 8 aromatic rings. The first kappa shape index (κ1) is 36.1. The Bertz CT molecular complexity index is 2960. The molecule has 4 aliphatic rings. The van der Waals surface area contributed by atoms with Gasteiger partial charge >= 0.3 is 0 Å². The van der Waals surface area contributed by atoms with Gasteiger partial charge in [-0.1, -0.05) is 243 Å². The molecule has 4 aliphatic carbocycles. The lowest BCUT2D eigenvalue weighted by molar-refractivity contribution is 0.721. The molecule has 0 fully saturated rings. The predicted molar refractivity (Wildman–Crippen MR) is 260 cm³/mol. The fourth-order valence-electron chi connectivity index (χ4n) is 11.0. The van der Waals surface area contributed by atoms with Crippen LogP contribution in [0.4, 0.5) is 0 Å². The number of hydrogen-bond acceptors (Lipinski definition) is 0. The van der Waals surface area contributed by atoms with Crippen LogP contribution in [0.2, 0.25) is 0 Å². The van der Waals surface area contributed by atoms with E-state index in [1.807, 2.05) is 0 Å². The molecule has 2 atom stereocenters. The molecule has 0 saturated heterocycles. The monoisotopic (exact) mass is 786 g/mol. The summed E-state index contributed by atoms with van der Waals surface area (Å²) < 4.78 is 0. The van der Waals surface area contributed by atoms with Crippen molar-refractivity contribution in [2.24, 2.45) is 11.8 Å². The molecular weight excluding hydrogens is 745 g/mol. The van der Waals surface area contributed by atoms with Gasteiger partial charge in [0.2, 0.25) is 0 Å². The first-order valence-electron chi connectivity index (χ1n) is 21.8. The summed E-state index contributed by atoms with van der Waals surface area (Å²) in [4.78, 5) is 0. The lowest BCUT2D eigenvalue weighted by Gasteiger charge is -2.25. The van der Waals surface area contributed by atoms with E-state index in [1.165, 1.54) is 111 Å². The molecule has 0 heterocycles. The highest BCUT2D eigenvalue weighted by Crippen LogP contribution is 2.73. The zero-order valence-electron chi connectivity index (χ0n) is 34.2. The topological polar surface area (TPSA) is 0 Å². The van der Waals surface area contributed by atoms with E-state index >= 15 is 0 Å². The lowest BCUT2D eigenvalue weighted by atomic mass is 9.77. The number of hydrogen-bond donors (Lipinski definition) is 0. The third-order valence-corrected chi connectivity index (χ3v) is 13.2. The molecule has 0 saturated carbocycles. The molecule has 0 radical (unpaired) electrons. The highest BCUT2D eigenvalue weighted by molar-refractivity contribution is 6.33. The van der Waals surface area contributed by atoms with E-state index in [9.17, 15) is 0 Å². The summed E-state index contributed by atoms with van der Waals surface area (Å²) >= 11 is 0. The molecular formula is C62H42. The standard InChI is InChI=1S/C62H42/c1-9-25-41(26-10-1)49-51(43-29-13-3-14-30-43)57-55(47-37-21-7-22-38-47)62-60-54(46-35-19-6-20-36-46)50(42-27-11-2-12-28-42)52(44-31-15-4-16-32-44)58(60)56(48-39-23-8-24-40-48)61(62)59(57)53(49)45-33-17-5-18-34-45/h1-40,61-62H/t61-,62+. The zero-order valence-corrected chi connectivity index (χ0v) is 34.2. The first-order chi connectivity index (χ1) is 30.9. The van der Waals surface area contributed by atoms with Crippen LogP contribution in [0.3, 0.4) is 0 Å². The van der Waals surface area contributed by atoms with Crippen LogP contribution in [-0.2, 0) is 0 Å². The zero-order chi connectivity index (χ0) is 41.0. The smallest absolute Gasteiger partial charge is 0.0224 e. The number of fused-ring (bicyclic) bond motifs is 5. The molecule has 290 valence electrons. The fraction of sp³-hybridized carbons (Fsp3) is 0.0323. The van der Waals surface area contributed by atoms with Crippen LogP contribution in [0.15, 0.2) is 265 Å². The van der Waals surface area contributed by atoms with Crippen LogP contribution >= 0.6 is 0 Å². The van der Waals surface area contributed by atoms with Gasteiger partial charge < -0.3 is 0 Å². The van der Waals surface area contributed by atoms with Gasteiger partial charge in [0.05, 0.1) is 0 Å². The first-order valence-corrected chi connectivity index (χ1v) is 21.8. The molecule has 8 aromatic carbocycles. The SMILES string of the molecule is c1ccc(C2=C(c3ccccc3)C(c3ccccc3)=C3C2=C(c2ccccc2)[C@@H]2C4=C(c5ccccc5)C(c5ccccc5)=C(c5ccccc5)C4=C(c4ccccc4)[C@@H]32)cc1. The second-order valence-electron chi connectivity index (χ2n) is 16.5. The average molecular weight is 787 g/mol. The molecule has 0 nitrogen and oxygen atoms in total. The van der Waals surface area contributed by atoms with E-state index in [4.69, 9.17) is 0 Å². The lowest BCUT2D eigenvalue weighted by Crippen LogP contribution is -2.13. The van der Waals surface area contributed by atoms with Crippen molar-refractivity contribution < 1.29 is 0 Å². The third-order valence-electron chi connectivity index (χ3n) is 13.2. The summed E-state index contributed by atoms with van der Waals surface area (Å²) in [7, 11) is 0. The van der Waals surface area contributed by atoms with E-state index in [0.29, 0.717) is 0 Å². The molecule has 0 N–H and O–H groups in total. The summed E-state index contributed by atoms with van der Waals surface area (Å²) in [6.45, 7) is 0. The Morgan fingerprint density at radius 2 is 0.323 bits per heavy atom. The van der Waals surface area contributed by atoms with Gasteiger partial charge in [0, 0.05) is 11.8 Å². The van der Waals surface area contributed by atoms with E-state index < -0.39 is 0 Å². The molecule has 0 spiro atoms. The average Bonchev–Trinajstić information content (AvgIpc) is 4.08. The van der Waals surface area contributed by atoms with Gasteiger partial charge in [0.15, 0.2) is 0 Å². The summed E-state index contributed by atoms with van der Waals surface area (Å²) in [5.74, 6) is 0.0509. The van der Waals surface area contributed by atoms with Crippen molar-refractivity contribution in [2.45, 2.75) is 0 Å². The largest absolute Gasteiger partial charge is 0.0622 e. The Kier molecular flexibility index (Phi) is 8.75. The third kappa shape index (κ3) is 5.61. The molecule has 0 amide bonds. The molecule has 12 rings (SSSR count). The van der Waals surface area contributed by atoms with Gasteiger partial charge in [-0.15, -0.1) is 0 Å². The highest BCUT2D eigenvalue weighted by atomic mass is 14.6. The van der Waals surface area contributed by atoms with Crippen molar-refractivity contribution in [1.82, 2.24) is 0 Å². The van der Waals surface area contributed by atoms with E-state index in [1.54, 1.807) is 0 Å². The van der Waals surface area contributed by atoms with Gasteiger partial charge in [0.25, 0.3) is 0 Å². The summed E-state index contributed by atoms with van der Waals surface area (Å²) in [5, 5.41) is 0. The van der Waals surface area contributed by atoms with Gasteiger partial charge in [-0.3, -0.25) is 0 Å². The number of benzene rings is 8. The van der Waals surface area contributed by atoms with Crippen molar-refractivity contribution in [1.29, 1.82) is 0 Å². The van der Waals surface area contributed by atoms with Crippen LogP contribution in [0, 0.1) is 11.8 Å². The van der Waals surface area contributed by atoms with Crippen LogP contribution in [-0.4, -0.2) is 0 Å². The van der Waals surface area contributed by atoms with Gasteiger partial charge in [-0.2, -0.15) is 0 Å². The fourth-order valence-corrected chi connectivity index (χ4v) is 11.0. The second-order valence-corrected chi connectivity index (χ2v) is 16.5. The Balaban J connectivity index is 1.31. The molecule has 0 heteroatoms. The maximum Gasteiger partial charge on any atom is 0.0224 e. The van der Waals surface area contributed by atoms with Crippen molar-refractivity contribution in [3.63, 3.8) is 0 Å². The minimum atomic E-state index is 0.0254. The Labute approximate surface area is 364 Å². The van der Waals surface area contributed by atoms with E-state index in [-0.39, 0.29) is 11.8 Å². The molecule has 0 unspecified atom stereocenters. The molecule has 0 aromatic heterocycles. The van der Waals surface area contributed by atoms with Crippen LogP contribution in [0.25, 0.3) is 44.6 Å². The Hall–Kier alpha value is -7.80. The minimum Gasteiger partial charge on any atom is -0.0622 e. The van der Waals surface area contributed by atoms with Crippen molar-refractivity contribution in [2.75, 3.05) is 0 Å². The van der Waals surface area contributed by atoms with E-state index in [0.717, 1.165) is 0 Å². The molecule has 62 heavy (non-hydrogen) atoms. The normalized spacial score (nSPS) is 17.9. The summed E-state index contributed by atoms with van der Waals surface area (Å²) in [6, 6.07) is 89.7. The summed E-state index contributed by atoms with van der Waals surface area (Å²) in [5.41, 5.74) is 26.2. The van der Waals surface area contributed by atoms with Crippen LogP contribution < -0.4 is 0 Å². The molecule has 0 bridgehead atoms. The maximum absolute atomic E-state index is 2.36. The quantitative estimate of drug-likeness (QED) is 0.144.